The molecule has 2 heterocycles. The van der Waals surface area contributed by atoms with E-state index in [1.54, 1.807) is 25.2 Å². The highest BCUT2D eigenvalue weighted by Crippen LogP contribution is 2.25. The average Bonchev–Trinajstić information content (AvgIpc) is 2.62. The predicted molar refractivity (Wildman–Crippen MR) is 95.4 cm³/mol. The van der Waals surface area contributed by atoms with Gasteiger partial charge in [-0.15, -0.1) is 10.2 Å². The minimum atomic E-state index is -0.255. The summed E-state index contributed by atoms with van der Waals surface area (Å²) in [6.45, 7) is 3.69. The molecule has 7 heteroatoms. The van der Waals surface area contributed by atoms with Crippen LogP contribution in [0.2, 0.25) is 0 Å². The Hall–Kier alpha value is -2.70. The number of halogens is 1. The van der Waals surface area contributed by atoms with Gasteiger partial charge in [0.1, 0.15) is 11.6 Å². The Morgan fingerprint density at radius 2 is 2.12 bits per heavy atom. The molecule has 1 aromatic heterocycles. The second-order valence-electron chi connectivity index (χ2n) is 6.24. The van der Waals surface area contributed by atoms with Crippen LogP contribution in [0.3, 0.4) is 0 Å². The fourth-order valence-corrected chi connectivity index (χ4v) is 3.16. The first-order valence-corrected chi connectivity index (χ1v) is 8.40. The van der Waals surface area contributed by atoms with E-state index in [0.29, 0.717) is 11.5 Å². The molecule has 1 aromatic carbocycles. The average molecular weight is 343 g/mol. The van der Waals surface area contributed by atoms with E-state index in [4.69, 9.17) is 0 Å². The smallest absolute Gasteiger partial charge is 0.271 e. The number of amides is 1. The maximum Gasteiger partial charge on any atom is 0.271 e. The summed E-state index contributed by atoms with van der Waals surface area (Å²) in [4.78, 5) is 13.8. The zero-order valence-corrected chi connectivity index (χ0v) is 14.4. The van der Waals surface area contributed by atoms with Gasteiger partial charge in [0.15, 0.2) is 5.69 Å². The Labute approximate surface area is 146 Å². The minimum absolute atomic E-state index is 0.209. The van der Waals surface area contributed by atoms with Crippen molar-refractivity contribution >= 4 is 17.4 Å². The summed E-state index contributed by atoms with van der Waals surface area (Å²) in [6.07, 6.45) is 2.06. The lowest BCUT2D eigenvalue weighted by molar-refractivity contribution is 0.0957. The van der Waals surface area contributed by atoms with Gasteiger partial charge in [-0.2, -0.15) is 0 Å². The highest BCUT2D eigenvalue weighted by molar-refractivity contribution is 5.91. The Balaban J connectivity index is 1.66. The van der Waals surface area contributed by atoms with Crippen molar-refractivity contribution in [3.8, 4) is 0 Å². The highest BCUT2D eigenvalue weighted by atomic mass is 19.1. The fourth-order valence-electron chi connectivity index (χ4n) is 3.16. The van der Waals surface area contributed by atoms with Crippen LogP contribution in [0.4, 0.5) is 15.9 Å². The normalized spacial score (nSPS) is 17.2. The van der Waals surface area contributed by atoms with Gasteiger partial charge in [0.25, 0.3) is 5.91 Å². The van der Waals surface area contributed by atoms with Crippen LogP contribution in [-0.4, -0.2) is 42.3 Å². The van der Waals surface area contributed by atoms with Crippen LogP contribution in [-0.2, 0) is 0 Å². The number of hydrogen-bond acceptors (Lipinski definition) is 5. The number of nitrogens with one attached hydrogen (secondary N) is 2. The van der Waals surface area contributed by atoms with Gasteiger partial charge in [-0.1, -0.05) is 0 Å². The lowest BCUT2D eigenvalue weighted by Crippen LogP contribution is -2.42. The van der Waals surface area contributed by atoms with Gasteiger partial charge in [-0.25, -0.2) is 4.39 Å². The molecule has 1 atom stereocenters. The zero-order chi connectivity index (χ0) is 17.8. The summed E-state index contributed by atoms with van der Waals surface area (Å²) in [5.41, 5.74) is 2.30. The molecule has 0 bridgehead atoms. The van der Waals surface area contributed by atoms with Crippen LogP contribution in [0, 0.1) is 12.7 Å². The van der Waals surface area contributed by atoms with E-state index < -0.39 is 0 Å². The first-order chi connectivity index (χ1) is 12.1. The van der Waals surface area contributed by atoms with Crippen LogP contribution in [0.25, 0.3) is 0 Å². The molecular formula is C18H22FN5O. The quantitative estimate of drug-likeness (QED) is 0.892. The van der Waals surface area contributed by atoms with Crippen LogP contribution in [0.5, 0.6) is 0 Å². The molecule has 2 aromatic rings. The van der Waals surface area contributed by atoms with E-state index in [-0.39, 0.29) is 17.8 Å². The second kappa shape index (κ2) is 7.46. The van der Waals surface area contributed by atoms with E-state index in [0.717, 1.165) is 37.2 Å². The first kappa shape index (κ1) is 17.1. The molecule has 2 N–H and O–H groups in total. The standard InChI is InChI=1S/C18H22FN5O/c1-12-10-13(19)5-7-16(12)24-9-3-4-14(11-24)21-17-8-6-15(22-23-17)18(25)20-2/h5-8,10,14H,3-4,9,11H2,1-2H3,(H,20,25)(H,21,23). The van der Waals surface area contributed by atoms with Gasteiger partial charge in [-0.05, 0) is 55.7 Å². The van der Waals surface area contributed by atoms with E-state index in [9.17, 15) is 9.18 Å². The number of benzene rings is 1. The molecule has 6 nitrogen and oxygen atoms in total. The fraction of sp³-hybridized carbons (Fsp3) is 0.389. The number of carbonyl (C=O) groups excluding carboxylic acids is 1. The number of anilines is 2. The van der Waals surface area contributed by atoms with Gasteiger partial charge in [0, 0.05) is 31.9 Å². The summed E-state index contributed by atoms with van der Waals surface area (Å²) in [7, 11) is 1.56. The molecule has 25 heavy (non-hydrogen) atoms. The summed E-state index contributed by atoms with van der Waals surface area (Å²) < 4.78 is 13.3. The molecule has 0 saturated carbocycles. The summed E-state index contributed by atoms with van der Waals surface area (Å²) in [5, 5.41) is 13.9. The van der Waals surface area contributed by atoms with Crippen molar-refractivity contribution in [2.75, 3.05) is 30.4 Å². The van der Waals surface area contributed by atoms with Crippen LogP contribution in [0.15, 0.2) is 30.3 Å². The molecule has 1 fully saturated rings. The lowest BCUT2D eigenvalue weighted by atomic mass is 10.0. The van der Waals surface area contributed by atoms with Gasteiger partial charge >= 0.3 is 0 Å². The molecule has 1 saturated heterocycles. The largest absolute Gasteiger partial charge is 0.369 e. The third-order valence-corrected chi connectivity index (χ3v) is 4.40. The zero-order valence-electron chi connectivity index (χ0n) is 14.4. The third kappa shape index (κ3) is 4.04. The molecule has 0 aliphatic carbocycles. The molecule has 0 spiro atoms. The highest BCUT2D eigenvalue weighted by Gasteiger charge is 2.21. The third-order valence-electron chi connectivity index (χ3n) is 4.40. The van der Waals surface area contributed by atoms with Gasteiger partial charge in [0.2, 0.25) is 0 Å². The Bertz CT molecular complexity index is 750. The molecular weight excluding hydrogens is 321 g/mol. The Morgan fingerprint density at radius 1 is 1.28 bits per heavy atom. The minimum Gasteiger partial charge on any atom is -0.369 e. The number of carbonyl (C=O) groups is 1. The lowest BCUT2D eigenvalue weighted by Gasteiger charge is -2.35. The Kier molecular flexibility index (Phi) is 5.11. The van der Waals surface area contributed by atoms with Gasteiger partial charge in [0.05, 0.1) is 0 Å². The summed E-state index contributed by atoms with van der Waals surface area (Å²) in [6, 6.07) is 8.54. The van der Waals surface area contributed by atoms with Crippen molar-refractivity contribution in [3.05, 3.63) is 47.4 Å². The van der Waals surface area contributed by atoms with Crippen molar-refractivity contribution in [3.63, 3.8) is 0 Å². The molecule has 3 rings (SSSR count). The first-order valence-electron chi connectivity index (χ1n) is 8.40. The molecule has 1 aliphatic rings. The van der Waals surface area contributed by atoms with Crippen molar-refractivity contribution in [2.45, 2.75) is 25.8 Å². The van der Waals surface area contributed by atoms with E-state index in [2.05, 4.69) is 25.7 Å². The van der Waals surface area contributed by atoms with Gasteiger partial charge in [-0.3, -0.25) is 4.79 Å². The molecule has 0 radical (unpaired) electrons. The summed E-state index contributed by atoms with van der Waals surface area (Å²) in [5.74, 6) is 0.185. The number of piperidine rings is 1. The van der Waals surface area contributed by atoms with Crippen molar-refractivity contribution in [1.29, 1.82) is 0 Å². The van der Waals surface area contributed by atoms with Crippen molar-refractivity contribution < 1.29 is 9.18 Å². The maximum atomic E-state index is 13.3. The van der Waals surface area contributed by atoms with Crippen LogP contribution in [0.1, 0.15) is 28.9 Å². The molecule has 132 valence electrons. The summed E-state index contributed by atoms with van der Waals surface area (Å²) >= 11 is 0. The SMILES string of the molecule is CNC(=O)c1ccc(NC2CCCN(c3ccc(F)cc3C)C2)nn1. The predicted octanol–water partition coefficient (Wildman–Crippen LogP) is 2.36. The number of hydrogen-bond donors (Lipinski definition) is 2. The maximum absolute atomic E-state index is 13.3. The molecule has 1 unspecified atom stereocenters. The molecule has 1 amide bonds. The van der Waals surface area contributed by atoms with Crippen molar-refractivity contribution in [2.24, 2.45) is 0 Å². The molecule has 1 aliphatic heterocycles. The number of aryl methyl sites for hydroxylation is 1. The Morgan fingerprint density at radius 3 is 2.80 bits per heavy atom. The number of rotatable bonds is 4. The van der Waals surface area contributed by atoms with E-state index >= 15 is 0 Å². The van der Waals surface area contributed by atoms with E-state index in [1.807, 2.05) is 13.0 Å². The second-order valence-corrected chi connectivity index (χ2v) is 6.24. The number of aromatic nitrogens is 2. The van der Waals surface area contributed by atoms with Crippen LogP contribution < -0.4 is 15.5 Å². The topological polar surface area (TPSA) is 70.2 Å². The van der Waals surface area contributed by atoms with Gasteiger partial charge < -0.3 is 15.5 Å². The monoisotopic (exact) mass is 343 g/mol. The van der Waals surface area contributed by atoms with Crippen LogP contribution >= 0.6 is 0 Å². The van der Waals surface area contributed by atoms with E-state index in [1.165, 1.54) is 6.07 Å². The van der Waals surface area contributed by atoms with Crippen molar-refractivity contribution in [1.82, 2.24) is 15.5 Å². The number of nitrogens with zero attached hydrogens (tertiary/aromatic N) is 3.